The third-order valence-electron chi connectivity index (χ3n) is 3.45. The summed E-state index contributed by atoms with van der Waals surface area (Å²) in [5.41, 5.74) is 0.958. The molecule has 1 aliphatic heterocycles. The molecule has 1 aliphatic rings. The van der Waals surface area contributed by atoms with Crippen LogP contribution in [0.15, 0.2) is 24.5 Å². The van der Waals surface area contributed by atoms with Crippen LogP contribution in [0.5, 0.6) is 0 Å². The van der Waals surface area contributed by atoms with E-state index in [0.29, 0.717) is 11.1 Å². The summed E-state index contributed by atoms with van der Waals surface area (Å²) in [6, 6.07) is 3.59. The molecule has 2 aromatic rings. The molecule has 5 heteroatoms. The Morgan fingerprint density at radius 2 is 2.39 bits per heavy atom. The zero-order chi connectivity index (χ0) is 12.5. The fraction of sp³-hybridized carbons (Fsp3) is 0.385. The van der Waals surface area contributed by atoms with E-state index in [1.807, 2.05) is 10.6 Å². The number of carboxylic acid groups (broad SMARTS) is 1. The molecule has 0 spiro atoms. The molecule has 0 radical (unpaired) electrons. The molecule has 0 aliphatic carbocycles. The fourth-order valence-electron chi connectivity index (χ4n) is 2.55. The van der Waals surface area contributed by atoms with Gasteiger partial charge in [-0.3, -0.25) is 0 Å². The number of nitrogens with zero attached hydrogens (tertiary/aromatic N) is 2. The van der Waals surface area contributed by atoms with Crippen molar-refractivity contribution >= 4 is 11.5 Å². The quantitative estimate of drug-likeness (QED) is 0.847. The third-order valence-corrected chi connectivity index (χ3v) is 3.45. The van der Waals surface area contributed by atoms with Crippen LogP contribution in [-0.2, 0) is 0 Å². The summed E-state index contributed by atoms with van der Waals surface area (Å²) in [4.78, 5) is 15.5. The van der Waals surface area contributed by atoms with Crippen LogP contribution in [0.1, 0.15) is 41.5 Å². The van der Waals surface area contributed by atoms with E-state index in [-0.39, 0.29) is 6.04 Å². The monoisotopic (exact) mass is 245 g/mol. The molecule has 18 heavy (non-hydrogen) atoms. The van der Waals surface area contributed by atoms with Gasteiger partial charge in [-0.2, -0.15) is 0 Å². The van der Waals surface area contributed by atoms with Gasteiger partial charge in [0.25, 0.3) is 0 Å². The van der Waals surface area contributed by atoms with E-state index < -0.39 is 5.97 Å². The summed E-state index contributed by atoms with van der Waals surface area (Å²) < 4.78 is 1.88. The molecule has 3 heterocycles. The number of carbonyl (C=O) groups is 1. The Hall–Kier alpha value is -1.88. The summed E-state index contributed by atoms with van der Waals surface area (Å²) in [5, 5.41) is 12.6. The van der Waals surface area contributed by atoms with Crippen LogP contribution in [0.3, 0.4) is 0 Å². The highest BCUT2D eigenvalue weighted by Crippen LogP contribution is 2.24. The zero-order valence-electron chi connectivity index (χ0n) is 9.97. The number of carboxylic acids is 1. The lowest BCUT2D eigenvalue weighted by atomic mass is 10.0. The predicted molar refractivity (Wildman–Crippen MR) is 66.7 cm³/mol. The van der Waals surface area contributed by atoms with Crippen molar-refractivity contribution in [1.29, 1.82) is 0 Å². The molecular weight excluding hydrogens is 230 g/mol. The van der Waals surface area contributed by atoms with Crippen LogP contribution in [0, 0.1) is 0 Å². The lowest BCUT2D eigenvalue weighted by molar-refractivity contribution is 0.0698. The van der Waals surface area contributed by atoms with Crippen LogP contribution in [0.2, 0.25) is 0 Å². The molecule has 0 aromatic carbocycles. The lowest BCUT2D eigenvalue weighted by Crippen LogP contribution is -2.28. The molecule has 3 rings (SSSR count). The van der Waals surface area contributed by atoms with E-state index in [1.54, 1.807) is 18.3 Å². The molecule has 94 valence electrons. The van der Waals surface area contributed by atoms with Crippen molar-refractivity contribution in [2.24, 2.45) is 0 Å². The summed E-state index contributed by atoms with van der Waals surface area (Å²) in [5.74, 6) is -0.00328. The molecule has 1 saturated heterocycles. The van der Waals surface area contributed by atoms with Crippen LogP contribution >= 0.6 is 0 Å². The minimum Gasteiger partial charge on any atom is -0.478 e. The number of fused-ring (bicyclic) bond motifs is 1. The van der Waals surface area contributed by atoms with Gasteiger partial charge in [0.1, 0.15) is 5.82 Å². The third kappa shape index (κ3) is 1.76. The van der Waals surface area contributed by atoms with Crippen LogP contribution in [0.4, 0.5) is 0 Å². The van der Waals surface area contributed by atoms with E-state index in [0.717, 1.165) is 18.8 Å². The standard InChI is InChI=1S/C13H15N3O2/c17-13(18)9-4-3-7-16-11(9)8-15-12(16)10-5-1-2-6-14-10/h3-4,7-8,10,14H,1-2,5-6H2,(H,17,18). The molecule has 0 amide bonds. The fourth-order valence-corrected chi connectivity index (χ4v) is 2.55. The molecule has 2 aromatic heterocycles. The zero-order valence-corrected chi connectivity index (χ0v) is 9.97. The van der Waals surface area contributed by atoms with Crippen molar-refractivity contribution in [3.05, 3.63) is 35.9 Å². The normalized spacial score (nSPS) is 20.1. The van der Waals surface area contributed by atoms with Gasteiger partial charge in [0.05, 0.1) is 23.3 Å². The van der Waals surface area contributed by atoms with Crippen LogP contribution in [0.25, 0.3) is 5.52 Å². The van der Waals surface area contributed by atoms with Gasteiger partial charge < -0.3 is 14.8 Å². The maximum Gasteiger partial charge on any atom is 0.337 e. The molecule has 1 atom stereocenters. The number of pyridine rings is 1. The van der Waals surface area contributed by atoms with Crippen molar-refractivity contribution in [3.63, 3.8) is 0 Å². The van der Waals surface area contributed by atoms with Crippen LogP contribution < -0.4 is 5.32 Å². The van der Waals surface area contributed by atoms with Gasteiger partial charge in [-0.05, 0) is 31.5 Å². The number of piperidine rings is 1. The molecule has 0 bridgehead atoms. The highest BCUT2D eigenvalue weighted by Gasteiger charge is 2.20. The van der Waals surface area contributed by atoms with E-state index in [1.165, 1.54) is 12.8 Å². The smallest absolute Gasteiger partial charge is 0.337 e. The first-order chi connectivity index (χ1) is 8.77. The maximum atomic E-state index is 11.1. The topological polar surface area (TPSA) is 66.6 Å². The second kappa shape index (κ2) is 4.42. The highest BCUT2D eigenvalue weighted by atomic mass is 16.4. The number of aromatic nitrogens is 2. The van der Waals surface area contributed by atoms with Gasteiger partial charge in [0, 0.05) is 6.20 Å². The molecule has 5 nitrogen and oxygen atoms in total. The molecule has 1 fully saturated rings. The highest BCUT2D eigenvalue weighted by molar-refractivity contribution is 5.95. The minimum absolute atomic E-state index is 0.227. The van der Waals surface area contributed by atoms with Gasteiger partial charge in [0.2, 0.25) is 0 Å². The van der Waals surface area contributed by atoms with Crippen molar-refractivity contribution in [1.82, 2.24) is 14.7 Å². The second-order valence-electron chi connectivity index (χ2n) is 4.60. The first-order valence-corrected chi connectivity index (χ1v) is 6.20. The SMILES string of the molecule is O=C(O)c1cccn2c(C3CCCCN3)ncc12. The second-order valence-corrected chi connectivity index (χ2v) is 4.60. The molecular formula is C13H15N3O2. The maximum absolute atomic E-state index is 11.1. The summed E-state index contributed by atoms with van der Waals surface area (Å²) >= 11 is 0. The largest absolute Gasteiger partial charge is 0.478 e. The molecule has 2 N–H and O–H groups in total. The van der Waals surface area contributed by atoms with Gasteiger partial charge in [-0.25, -0.2) is 9.78 Å². The molecule has 1 unspecified atom stereocenters. The van der Waals surface area contributed by atoms with E-state index in [4.69, 9.17) is 5.11 Å². The average molecular weight is 245 g/mol. The van der Waals surface area contributed by atoms with Gasteiger partial charge in [-0.1, -0.05) is 6.42 Å². The number of aromatic carboxylic acids is 1. The first kappa shape index (κ1) is 11.2. The summed E-state index contributed by atoms with van der Waals surface area (Å²) in [7, 11) is 0. The van der Waals surface area contributed by atoms with Crippen LogP contribution in [-0.4, -0.2) is 27.0 Å². The number of rotatable bonds is 2. The lowest BCUT2D eigenvalue weighted by Gasteiger charge is -2.22. The molecule has 0 saturated carbocycles. The Labute approximate surface area is 104 Å². The van der Waals surface area contributed by atoms with E-state index in [2.05, 4.69) is 10.3 Å². The van der Waals surface area contributed by atoms with Crippen molar-refractivity contribution < 1.29 is 9.90 Å². The Bertz CT molecular complexity index is 585. The van der Waals surface area contributed by atoms with Crippen molar-refractivity contribution in [2.45, 2.75) is 25.3 Å². The Balaban J connectivity index is 2.08. The van der Waals surface area contributed by atoms with Gasteiger partial charge >= 0.3 is 5.97 Å². The first-order valence-electron chi connectivity index (χ1n) is 6.20. The van der Waals surface area contributed by atoms with E-state index in [9.17, 15) is 4.79 Å². The van der Waals surface area contributed by atoms with Gasteiger partial charge in [-0.15, -0.1) is 0 Å². The number of hydrogen-bond donors (Lipinski definition) is 2. The average Bonchev–Trinajstić information content (AvgIpc) is 2.83. The Kier molecular flexibility index (Phi) is 2.76. The van der Waals surface area contributed by atoms with Crippen molar-refractivity contribution in [3.8, 4) is 0 Å². The summed E-state index contributed by atoms with van der Waals surface area (Å²) in [6.07, 6.45) is 6.96. The van der Waals surface area contributed by atoms with Crippen molar-refractivity contribution in [2.75, 3.05) is 6.54 Å². The van der Waals surface area contributed by atoms with E-state index >= 15 is 0 Å². The van der Waals surface area contributed by atoms with Gasteiger partial charge in [0.15, 0.2) is 0 Å². The predicted octanol–water partition coefficient (Wildman–Crippen LogP) is 1.85. The number of hydrogen-bond acceptors (Lipinski definition) is 3. The summed E-state index contributed by atoms with van der Waals surface area (Å²) in [6.45, 7) is 0.998. The Morgan fingerprint density at radius 3 is 3.11 bits per heavy atom. The number of nitrogens with one attached hydrogen (secondary N) is 1. The number of imidazole rings is 1. The Morgan fingerprint density at radius 1 is 1.50 bits per heavy atom. The minimum atomic E-state index is -0.913.